The van der Waals surface area contributed by atoms with E-state index in [1.807, 2.05) is 0 Å². The van der Waals surface area contributed by atoms with Crippen molar-refractivity contribution in [3.63, 3.8) is 0 Å². The Hall–Kier alpha value is -1.18. The van der Waals surface area contributed by atoms with Gasteiger partial charge in [0.25, 0.3) is 0 Å². The van der Waals surface area contributed by atoms with Crippen molar-refractivity contribution in [3.8, 4) is 0 Å². The number of carboxylic acids is 2. The van der Waals surface area contributed by atoms with Crippen molar-refractivity contribution in [2.75, 3.05) is 13.2 Å². The number of aliphatic hydroxyl groups excluding tert-OH is 2. The average Bonchev–Trinajstić information content (AvgIpc) is 2.23. The van der Waals surface area contributed by atoms with E-state index in [0.717, 1.165) is 0 Å². The molecule has 0 aromatic rings. The Labute approximate surface area is 98.6 Å². The van der Waals surface area contributed by atoms with Gasteiger partial charge in [0.2, 0.25) is 0 Å². The second-order valence-electron chi connectivity index (χ2n) is 3.71. The first-order valence-electron chi connectivity index (χ1n) is 5.29. The Kier molecular flexibility index (Phi) is 8.29. The zero-order chi connectivity index (χ0) is 13.3. The second kappa shape index (κ2) is 8.91. The lowest BCUT2D eigenvalue weighted by atomic mass is 10.2. The summed E-state index contributed by atoms with van der Waals surface area (Å²) in [5.41, 5.74) is 0. The van der Waals surface area contributed by atoms with Crippen molar-refractivity contribution in [3.05, 3.63) is 0 Å². The van der Waals surface area contributed by atoms with Crippen LogP contribution in [0.1, 0.15) is 25.7 Å². The van der Waals surface area contributed by atoms with Crippen LogP contribution in [0.15, 0.2) is 0 Å². The molecule has 0 amide bonds. The fourth-order valence-electron chi connectivity index (χ4n) is 1.09. The fourth-order valence-corrected chi connectivity index (χ4v) is 1.09. The quantitative estimate of drug-likeness (QED) is 0.410. The van der Waals surface area contributed by atoms with Crippen LogP contribution in [-0.2, 0) is 14.3 Å². The third-order valence-electron chi connectivity index (χ3n) is 2.00. The van der Waals surface area contributed by atoms with E-state index in [1.165, 1.54) is 0 Å². The molecule has 0 radical (unpaired) electrons. The first kappa shape index (κ1) is 15.8. The number of hydrogen-bond donors (Lipinski definition) is 4. The predicted molar refractivity (Wildman–Crippen MR) is 56.6 cm³/mol. The molecule has 0 saturated heterocycles. The maximum Gasteiger partial charge on any atom is 0.303 e. The molecule has 0 heterocycles. The molecule has 17 heavy (non-hydrogen) atoms. The number of rotatable bonds is 10. The van der Waals surface area contributed by atoms with Gasteiger partial charge in [-0.05, 0) is 12.8 Å². The molecule has 4 N–H and O–H groups in total. The third kappa shape index (κ3) is 11.1. The van der Waals surface area contributed by atoms with Crippen LogP contribution in [0.4, 0.5) is 0 Å². The molecule has 0 saturated carbocycles. The lowest BCUT2D eigenvalue weighted by Crippen LogP contribution is -2.22. The third-order valence-corrected chi connectivity index (χ3v) is 2.00. The Morgan fingerprint density at radius 3 is 1.53 bits per heavy atom. The molecule has 0 bridgehead atoms. The Morgan fingerprint density at radius 1 is 0.882 bits per heavy atom. The van der Waals surface area contributed by atoms with E-state index in [-0.39, 0.29) is 38.9 Å². The molecule has 0 rings (SSSR count). The fraction of sp³-hybridized carbons (Fsp3) is 0.800. The molecular formula is C10H18O7. The van der Waals surface area contributed by atoms with Gasteiger partial charge in [-0.2, -0.15) is 0 Å². The first-order chi connectivity index (χ1) is 7.91. The lowest BCUT2D eigenvalue weighted by molar-refractivity contribution is -0.138. The van der Waals surface area contributed by atoms with Gasteiger partial charge in [0.1, 0.15) is 0 Å². The predicted octanol–water partition coefficient (Wildman–Crippen LogP) is -0.546. The summed E-state index contributed by atoms with van der Waals surface area (Å²) in [7, 11) is 0. The smallest absolute Gasteiger partial charge is 0.303 e. The number of carbonyl (C=O) groups is 2. The maximum absolute atomic E-state index is 10.2. The van der Waals surface area contributed by atoms with Crippen LogP contribution < -0.4 is 0 Å². The van der Waals surface area contributed by atoms with Gasteiger partial charge < -0.3 is 25.2 Å². The summed E-state index contributed by atoms with van der Waals surface area (Å²) in [5, 5.41) is 35.2. The number of aliphatic hydroxyl groups is 2. The van der Waals surface area contributed by atoms with E-state index < -0.39 is 24.1 Å². The molecule has 0 aromatic carbocycles. The van der Waals surface area contributed by atoms with E-state index in [2.05, 4.69) is 0 Å². The molecule has 0 aromatic heterocycles. The van der Waals surface area contributed by atoms with E-state index in [0.29, 0.717) is 0 Å². The average molecular weight is 250 g/mol. The van der Waals surface area contributed by atoms with Crippen LogP contribution in [0.3, 0.4) is 0 Å². The van der Waals surface area contributed by atoms with Crippen LogP contribution in [0.2, 0.25) is 0 Å². The van der Waals surface area contributed by atoms with Crippen molar-refractivity contribution in [1.82, 2.24) is 0 Å². The molecular weight excluding hydrogens is 232 g/mol. The van der Waals surface area contributed by atoms with Crippen molar-refractivity contribution in [2.24, 2.45) is 0 Å². The maximum atomic E-state index is 10.2. The minimum Gasteiger partial charge on any atom is -0.481 e. The molecule has 0 aliphatic rings. The first-order valence-corrected chi connectivity index (χ1v) is 5.29. The van der Waals surface area contributed by atoms with E-state index in [9.17, 15) is 19.8 Å². The molecule has 7 nitrogen and oxygen atoms in total. The van der Waals surface area contributed by atoms with Gasteiger partial charge in [0.05, 0.1) is 25.4 Å². The minimum absolute atomic E-state index is 0.0720. The number of hydrogen-bond acceptors (Lipinski definition) is 5. The van der Waals surface area contributed by atoms with Crippen molar-refractivity contribution < 1.29 is 34.8 Å². The summed E-state index contributed by atoms with van der Waals surface area (Å²) >= 11 is 0. The Balaban J connectivity index is 3.48. The van der Waals surface area contributed by atoms with Gasteiger partial charge in [-0.25, -0.2) is 0 Å². The number of aliphatic carboxylic acids is 2. The van der Waals surface area contributed by atoms with Crippen molar-refractivity contribution >= 4 is 11.9 Å². The molecule has 0 fully saturated rings. The van der Waals surface area contributed by atoms with E-state index in [1.54, 1.807) is 0 Å². The second-order valence-corrected chi connectivity index (χ2v) is 3.71. The van der Waals surface area contributed by atoms with E-state index >= 15 is 0 Å². The van der Waals surface area contributed by atoms with Crippen molar-refractivity contribution in [1.29, 1.82) is 0 Å². The summed E-state index contributed by atoms with van der Waals surface area (Å²) in [5.74, 6) is -1.99. The van der Waals surface area contributed by atoms with Gasteiger partial charge in [-0.3, -0.25) is 9.59 Å². The highest BCUT2D eigenvalue weighted by Gasteiger charge is 2.10. The van der Waals surface area contributed by atoms with Gasteiger partial charge in [-0.15, -0.1) is 0 Å². The van der Waals surface area contributed by atoms with Crippen LogP contribution >= 0.6 is 0 Å². The molecule has 100 valence electrons. The van der Waals surface area contributed by atoms with Gasteiger partial charge in [0.15, 0.2) is 0 Å². The molecule has 0 aliphatic heterocycles. The monoisotopic (exact) mass is 250 g/mol. The summed E-state index contributed by atoms with van der Waals surface area (Å²) in [6, 6.07) is 0. The summed E-state index contributed by atoms with van der Waals surface area (Å²) in [6.07, 6.45) is -1.91. The largest absolute Gasteiger partial charge is 0.481 e. The summed E-state index contributed by atoms with van der Waals surface area (Å²) in [6.45, 7) is -0.144. The van der Waals surface area contributed by atoms with Crippen LogP contribution in [0.5, 0.6) is 0 Å². The lowest BCUT2D eigenvalue weighted by Gasteiger charge is -2.13. The van der Waals surface area contributed by atoms with Gasteiger partial charge in [0, 0.05) is 12.8 Å². The van der Waals surface area contributed by atoms with Crippen LogP contribution in [0.25, 0.3) is 0 Å². The standard InChI is InChI=1S/C10H18O7/c11-7(1-3-9(13)14)5-17-6-8(12)2-4-10(15)16/h7-8,11-12H,1-6H2,(H,13,14)(H,15,16). The minimum atomic E-state index is -0.995. The highest BCUT2D eigenvalue weighted by molar-refractivity contribution is 5.66. The number of carboxylic acid groups (broad SMARTS) is 2. The van der Waals surface area contributed by atoms with Crippen LogP contribution in [-0.4, -0.2) is 57.8 Å². The molecule has 2 atom stereocenters. The van der Waals surface area contributed by atoms with Crippen molar-refractivity contribution in [2.45, 2.75) is 37.9 Å². The van der Waals surface area contributed by atoms with E-state index in [4.69, 9.17) is 14.9 Å². The zero-order valence-corrected chi connectivity index (χ0v) is 9.41. The highest BCUT2D eigenvalue weighted by Crippen LogP contribution is 2.01. The Morgan fingerprint density at radius 2 is 1.24 bits per heavy atom. The summed E-state index contributed by atoms with van der Waals surface area (Å²) < 4.78 is 4.94. The highest BCUT2D eigenvalue weighted by atomic mass is 16.5. The normalized spacial score (nSPS) is 14.2. The van der Waals surface area contributed by atoms with Gasteiger partial charge >= 0.3 is 11.9 Å². The SMILES string of the molecule is O=C(O)CCC(O)COCC(O)CCC(=O)O. The molecule has 7 heteroatoms. The topological polar surface area (TPSA) is 124 Å². The molecule has 0 aliphatic carbocycles. The van der Waals surface area contributed by atoms with Gasteiger partial charge in [-0.1, -0.05) is 0 Å². The number of ether oxygens (including phenoxy) is 1. The van der Waals surface area contributed by atoms with Crippen LogP contribution in [0, 0.1) is 0 Å². The molecule has 2 unspecified atom stereocenters. The summed E-state index contributed by atoms with van der Waals surface area (Å²) in [4.78, 5) is 20.4. The molecule has 0 spiro atoms. The zero-order valence-electron chi connectivity index (χ0n) is 9.41. The Bertz CT molecular complexity index is 217.